The summed E-state index contributed by atoms with van der Waals surface area (Å²) in [5.41, 5.74) is 3.93. The summed E-state index contributed by atoms with van der Waals surface area (Å²) in [5, 5.41) is 8.62. The van der Waals surface area contributed by atoms with Crippen LogP contribution in [-0.2, 0) is 6.42 Å². The molecule has 0 aliphatic carbocycles. The van der Waals surface area contributed by atoms with E-state index in [1.807, 2.05) is 0 Å². The van der Waals surface area contributed by atoms with Gasteiger partial charge in [0.15, 0.2) is 0 Å². The van der Waals surface area contributed by atoms with Gasteiger partial charge in [0, 0.05) is 12.2 Å². The molecule has 1 aromatic rings. The Morgan fingerprint density at radius 3 is 3.15 bits per heavy atom. The van der Waals surface area contributed by atoms with E-state index in [9.17, 15) is 0 Å². The van der Waals surface area contributed by atoms with Gasteiger partial charge in [-0.05, 0) is 25.0 Å². The van der Waals surface area contributed by atoms with E-state index in [4.69, 9.17) is 5.26 Å². The Morgan fingerprint density at radius 1 is 1.54 bits per heavy atom. The predicted octanol–water partition coefficient (Wildman–Crippen LogP) is 1.88. The van der Waals surface area contributed by atoms with Gasteiger partial charge in [-0.3, -0.25) is 0 Å². The molecule has 0 saturated carbocycles. The number of fused-ring (bicyclic) bond motifs is 1. The molecule has 66 valence electrons. The van der Waals surface area contributed by atoms with Crippen LogP contribution in [0, 0.1) is 18.3 Å². The fraction of sp³-hybridized carbons (Fsp3) is 0.364. The zero-order chi connectivity index (χ0) is 9.26. The number of hydrogen-bond acceptors (Lipinski definition) is 2. The zero-order valence-electron chi connectivity index (χ0n) is 7.75. The van der Waals surface area contributed by atoms with Crippen molar-refractivity contribution in [2.75, 3.05) is 18.0 Å². The molecule has 1 aliphatic heterocycles. The minimum atomic E-state index is 0.510. The maximum absolute atomic E-state index is 8.62. The van der Waals surface area contributed by atoms with Gasteiger partial charge in [0.2, 0.25) is 0 Å². The van der Waals surface area contributed by atoms with Crippen LogP contribution in [0.4, 0.5) is 5.69 Å². The molecule has 0 bridgehead atoms. The molecule has 0 fully saturated rings. The summed E-state index contributed by atoms with van der Waals surface area (Å²) in [4.78, 5) is 2.13. The van der Waals surface area contributed by atoms with Crippen molar-refractivity contribution >= 4 is 5.69 Å². The van der Waals surface area contributed by atoms with Gasteiger partial charge in [0.05, 0.1) is 6.07 Å². The summed E-state index contributed by atoms with van der Waals surface area (Å²) in [5.74, 6) is 0. The molecule has 0 spiro atoms. The van der Waals surface area contributed by atoms with Crippen LogP contribution in [-0.4, -0.2) is 13.1 Å². The second kappa shape index (κ2) is 3.10. The lowest BCUT2D eigenvalue weighted by atomic mass is 10.1. The third-order valence-corrected chi connectivity index (χ3v) is 2.49. The van der Waals surface area contributed by atoms with E-state index >= 15 is 0 Å². The highest BCUT2D eigenvalue weighted by atomic mass is 15.1. The molecule has 0 N–H and O–H groups in total. The number of aryl methyl sites for hydroxylation is 1. The van der Waals surface area contributed by atoms with E-state index in [-0.39, 0.29) is 0 Å². The Morgan fingerprint density at radius 2 is 2.38 bits per heavy atom. The van der Waals surface area contributed by atoms with Crippen molar-refractivity contribution in [2.24, 2.45) is 0 Å². The lowest BCUT2D eigenvalue weighted by molar-refractivity contribution is 0.909. The highest BCUT2D eigenvalue weighted by molar-refractivity contribution is 5.59. The Hall–Kier alpha value is -1.49. The number of nitriles is 1. The van der Waals surface area contributed by atoms with E-state index in [2.05, 4.69) is 36.1 Å². The highest BCUT2D eigenvalue weighted by Gasteiger charge is 2.17. The van der Waals surface area contributed by atoms with E-state index < -0.39 is 0 Å². The number of anilines is 1. The highest BCUT2D eigenvalue weighted by Crippen LogP contribution is 2.27. The van der Waals surface area contributed by atoms with Crippen LogP contribution >= 0.6 is 0 Å². The summed E-state index contributed by atoms with van der Waals surface area (Å²) in [7, 11) is 0. The number of nitrogens with zero attached hydrogens (tertiary/aromatic N) is 2. The standard InChI is InChI=1S/C11H12N2/c1-9-2-3-11-10(8-9)4-6-13(11)7-5-12/h2-3,8H,4,6-7H2,1H3. The third-order valence-electron chi connectivity index (χ3n) is 2.49. The molecule has 1 heterocycles. The van der Waals surface area contributed by atoms with Crippen LogP contribution in [0.1, 0.15) is 11.1 Å². The van der Waals surface area contributed by atoms with Gasteiger partial charge in [-0.25, -0.2) is 0 Å². The molecule has 2 nitrogen and oxygen atoms in total. The van der Waals surface area contributed by atoms with Crippen LogP contribution in [0.15, 0.2) is 18.2 Å². The van der Waals surface area contributed by atoms with Gasteiger partial charge < -0.3 is 4.90 Å². The second-order valence-corrected chi connectivity index (χ2v) is 3.46. The van der Waals surface area contributed by atoms with Crippen molar-refractivity contribution in [3.8, 4) is 6.07 Å². The smallest absolute Gasteiger partial charge is 0.105 e. The fourth-order valence-electron chi connectivity index (χ4n) is 1.85. The maximum Gasteiger partial charge on any atom is 0.105 e. The summed E-state index contributed by atoms with van der Waals surface area (Å²) in [6.45, 7) is 3.61. The average molecular weight is 172 g/mol. The first-order valence-electron chi connectivity index (χ1n) is 4.52. The second-order valence-electron chi connectivity index (χ2n) is 3.46. The van der Waals surface area contributed by atoms with Crippen LogP contribution in [0.5, 0.6) is 0 Å². The molecule has 1 aromatic carbocycles. The topological polar surface area (TPSA) is 27.0 Å². The first kappa shape index (κ1) is 8.12. The molecule has 2 heteroatoms. The maximum atomic E-state index is 8.62. The molecule has 2 rings (SSSR count). The average Bonchev–Trinajstić information content (AvgIpc) is 2.49. The predicted molar refractivity (Wildman–Crippen MR) is 52.7 cm³/mol. The lowest BCUT2D eigenvalue weighted by Crippen LogP contribution is -2.20. The molecule has 0 radical (unpaired) electrons. The van der Waals surface area contributed by atoms with Gasteiger partial charge in [0.1, 0.15) is 6.54 Å². The largest absolute Gasteiger partial charge is 0.358 e. The monoisotopic (exact) mass is 172 g/mol. The number of hydrogen-bond donors (Lipinski definition) is 0. The van der Waals surface area contributed by atoms with Crippen molar-refractivity contribution < 1.29 is 0 Å². The van der Waals surface area contributed by atoms with Crippen molar-refractivity contribution in [1.29, 1.82) is 5.26 Å². The minimum absolute atomic E-state index is 0.510. The quantitative estimate of drug-likeness (QED) is 0.605. The molecule has 0 unspecified atom stereocenters. The molecule has 0 amide bonds. The van der Waals surface area contributed by atoms with Gasteiger partial charge in [-0.15, -0.1) is 0 Å². The molecule has 0 aromatic heterocycles. The lowest BCUT2D eigenvalue weighted by Gasteiger charge is -2.14. The van der Waals surface area contributed by atoms with E-state index in [1.54, 1.807) is 0 Å². The Kier molecular flexibility index (Phi) is 1.94. The van der Waals surface area contributed by atoms with Crippen LogP contribution in [0.25, 0.3) is 0 Å². The van der Waals surface area contributed by atoms with Gasteiger partial charge in [-0.1, -0.05) is 17.7 Å². The minimum Gasteiger partial charge on any atom is -0.358 e. The fourth-order valence-corrected chi connectivity index (χ4v) is 1.85. The number of rotatable bonds is 1. The van der Waals surface area contributed by atoms with Crippen molar-refractivity contribution in [3.05, 3.63) is 29.3 Å². The summed E-state index contributed by atoms with van der Waals surface area (Å²) < 4.78 is 0. The van der Waals surface area contributed by atoms with Gasteiger partial charge >= 0.3 is 0 Å². The first-order valence-corrected chi connectivity index (χ1v) is 4.52. The van der Waals surface area contributed by atoms with Crippen LogP contribution < -0.4 is 4.90 Å². The van der Waals surface area contributed by atoms with Gasteiger partial charge in [-0.2, -0.15) is 5.26 Å². The third kappa shape index (κ3) is 1.38. The van der Waals surface area contributed by atoms with E-state index in [0.717, 1.165) is 13.0 Å². The normalized spacial score (nSPS) is 14.0. The van der Waals surface area contributed by atoms with Crippen LogP contribution in [0.3, 0.4) is 0 Å². The van der Waals surface area contributed by atoms with Gasteiger partial charge in [0.25, 0.3) is 0 Å². The van der Waals surface area contributed by atoms with E-state index in [1.165, 1.54) is 16.8 Å². The molecule has 1 aliphatic rings. The Bertz CT molecular complexity index is 363. The summed E-state index contributed by atoms with van der Waals surface area (Å²) in [6.07, 6.45) is 1.08. The Balaban J connectivity index is 2.34. The summed E-state index contributed by atoms with van der Waals surface area (Å²) >= 11 is 0. The molecule has 0 saturated heterocycles. The number of benzene rings is 1. The van der Waals surface area contributed by atoms with Crippen LogP contribution in [0.2, 0.25) is 0 Å². The zero-order valence-corrected chi connectivity index (χ0v) is 7.75. The molecular formula is C11H12N2. The molecule has 13 heavy (non-hydrogen) atoms. The Labute approximate surface area is 78.4 Å². The molecule has 0 atom stereocenters. The first-order chi connectivity index (χ1) is 6.31. The van der Waals surface area contributed by atoms with Crippen molar-refractivity contribution in [1.82, 2.24) is 0 Å². The van der Waals surface area contributed by atoms with Crippen molar-refractivity contribution in [3.63, 3.8) is 0 Å². The molecular weight excluding hydrogens is 160 g/mol. The summed E-state index contributed by atoms with van der Waals surface area (Å²) in [6, 6.07) is 8.63. The van der Waals surface area contributed by atoms with E-state index in [0.29, 0.717) is 6.54 Å². The SMILES string of the molecule is Cc1ccc2c(c1)CCN2CC#N. The van der Waals surface area contributed by atoms with Crippen molar-refractivity contribution in [2.45, 2.75) is 13.3 Å².